The predicted molar refractivity (Wildman–Crippen MR) is 95.4 cm³/mol. The molecule has 6 heteroatoms. The van der Waals surface area contributed by atoms with E-state index in [0.29, 0.717) is 26.9 Å². The summed E-state index contributed by atoms with van der Waals surface area (Å²) in [6, 6.07) is 14.7. The van der Waals surface area contributed by atoms with E-state index in [2.05, 4.69) is 10.2 Å². The fourth-order valence-corrected chi connectivity index (χ4v) is 2.96. The fraction of sp³-hybridized carbons (Fsp3) is 0.111. The van der Waals surface area contributed by atoms with Gasteiger partial charge in [0.2, 0.25) is 0 Å². The average molecular weight is 361 g/mol. The summed E-state index contributed by atoms with van der Waals surface area (Å²) in [6.45, 7) is 2.02. The van der Waals surface area contributed by atoms with E-state index in [0.717, 1.165) is 5.56 Å². The molecule has 122 valence electrons. The third-order valence-electron chi connectivity index (χ3n) is 3.49. The van der Waals surface area contributed by atoms with Gasteiger partial charge in [-0.25, -0.2) is 4.79 Å². The minimum Gasteiger partial charge on any atom is -0.461 e. The van der Waals surface area contributed by atoms with Crippen LogP contribution in [0, 0.1) is 0 Å². The van der Waals surface area contributed by atoms with Crippen molar-refractivity contribution in [2.24, 2.45) is 0 Å². The minimum absolute atomic E-state index is 0.264. The zero-order chi connectivity index (χ0) is 17.1. The molecule has 0 aliphatic carbocycles. The summed E-state index contributed by atoms with van der Waals surface area (Å²) in [7, 11) is 0. The van der Waals surface area contributed by atoms with Crippen molar-refractivity contribution in [1.82, 2.24) is 10.2 Å². The molecule has 1 N–H and O–H groups in total. The van der Waals surface area contributed by atoms with Gasteiger partial charge >= 0.3 is 5.97 Å². The molecule has 1 aromatic heterocycles. The van der Waals surface area contributed by atoms with Gasteiger partial charge in [0.25, 0.3) is 0 Å². The number of H-pyrrole nitrogens is 1. The molecule has 0 aliphatic heterocycles. The number of aromatic nitrogens is 2. The Labute approximate surface area is 149 Å². The van der Waals surface area contributed by atoms with E-state index in [4.69, 9.17) is 27.9 Å². The van der Waals surface area contributed by atoms with Gasteiger partial charge in [-0.05, 0) is 19.1 Å². The van der Waals surface area contributed by atoms with Crippen molar-refractivity contribution in [3.8, 4) is 22.4 Å². The lowest BCUT2D eigenvalue weighted by Crippen LogP contribution is -2.06. The highest BCUT2D eigenvalue weighted by Gasteiger charge is 2.24. The summed E-state index contributed by atoms with van der Waals surface area (Å²) in [5.41, 5.74) is 3.02. The maximum atomic E-state index is 12.3. The number of ether oxygens (including phenoxy) is 1. The first-order chi connectivity index (χ1) is 11.6. The number of carbonyl (C=O) groups is 1. The molecule has 0 unspecified atom stereocenters. The second-order valence-electron chi connectivity index (χ2n) is 5.03. The molecule has 24 heavy (non-hydrogen) atoms. The lowest BCUT2D eigenvalue weighted by Gasteiger charge is -2.08. The minimum atomic E-state index is -0.479. The largest absolute Gasteiger partial charge is 0.461 e. The quantitative estimate of drug-likeness (QED) is 0.648. The first-order valence-corrected chi connectivity index (χ1v) is 8.13. The van der Waals surface area contributed by atoms with E-state index in [1.54, 1.807) is 25.1 Å². The Bertz CT molecular complexity index is 876. The van der Waals surface area contributed by atoms with Crippen LogP contribution in [0.15, 0.2) is 48.5 Å². The predicted octanol–water partition coefficient (Wildman–Crippen LogP) is 5.23. The van der Waals surface area contributed by atoms with Crippen molar-refractivity contribution in [2.45, 2.75) is 6.92 Å². The Kier molecular flexibility index (Phi) is 4.88. The molecule has 1 heterocycles. The van der Waals surface area contributed by atoms with Crippen LogP contribution in [0.2, 0.25) is 10.0 Å². The van der Waals surface area contributed by atoms with E-state index < -0.39 is 5.97 Å². The van der Waals surface area contributed by atoms with E-state index in [9.17, 15) is 4.79 Å². The number of hydrogen-bond acceptors (Lipinski definition) is 3. The topological polar surface area (TPSA) is 55.0 Å². The van der Waals surface area contributed by atoms with Gasteiger partial charge in [0, 0.05) is 21.7 Å². The third kappa shape index (κ3) is 3.16. The Balaban J connectivity index is 2.23. The maximum absolute atomic E-state index is 12.3. The van der Waals surface area contributed by atoms with Crippen molar-refractivity contribution < 1.29 is 9.53 Å². The van der Waals surface area contributed by atoms with E-state index >= 15 is 0 Å². The monoisotopic (exact) mass is 360 g/mol. The molecule has 3 aromatic rings. The SMILES string of the molecule is CCOC(=O)c1[nH]nc(-c2ccccc2)c1-c1ccc(Cl)cc1Cl. The molecule has 0 radical (unpaired) electrons. The van der Waals surface area contributed by atoms with Crippen LogP contribution in [0.25, 0.3) is 22.4 Å². The number of nitrogens with one attached hydrogen (secondary N) is 1. The Hall–Kier alpha value is -2.30. The number of hydrogen-bond donors (Lipinski definition) is 1. The molecule has 0 bridgehead atoms. The zero-order valence-corrected chi connectivity index (χ0v) is 14.4. The second kappa shape index (κ2) is 7.07. The van der Waals surface area contributed by atoms with Crippen molar-refractivity contribution in [2.75, 3.05) is 6.61 Å². The molecular formula is C18H14Cl2N2O2. The first kappa shape index (κ1) is 16.6. The Morgan fingerprint density at radius 1 is 1.17 bits per heavy atom. The summed E-state index contributed by atoms with van der Waals surface area (Å²) in [4.78, 5) is 12.3. The molecule has 0 saturated carbocycles. The van der Waals surface area contributed by atoms with Crippen LogP contribution in [0.3, 0.4) is 0 Å². The molecular weight excluding hydrogens is 347 g/mol. The van der Waals surface area contributed by atoms with Gasteiger partial charge in [-0.1, -0.05) is 59.6 Å². The standard InChI is InChI=1S/C18H14Cl2N2O2/c1-2-24-18(23)17-15(13-9-8-12(19)10-14(13)20)16(21-22-17)11-6-4-3-5-7-11/h3-10H,2H2,1H3,(H,21,22). The number of nitrogens with zero attached hydrogens (tertiary/aromatic N) is 1. The molecule has 0 atom stereocenters. The van der Waals surface area contributed by atoms with Crippen LogP contribution in [0.1, 0.15) is 17.4 Å². The number of benzene rings is 2. The summed E-state index contributed by atoms with van der Waals surface area (Å²) in [6.07, 6.45) is 0. The first-order valence-electron chi connectivity index (χ1n) is 7.38. The summed E-state index contributed by atoms with van der Waals surface area (Å²) in [5.74, 6) is -0.479. The number of carbonyl (C=O) groups excluding carboxylic acids is 1. The van der Waals surface area contributed by atoms with Crippen molar-refractivity contribution in [3.05, 3.63) is 64.3 Å². The van der Waals surface area contributed by atoms with Crippen LogP contribution in [-0.2, 0) is 4.74 Å². The smallest absolute Gasteiger partial charge is 0.357 e. The van der Waals surface area contributed by atoms with Crippen molar-refractivity contribution in [3.63, 3.8) is 0 Å². The highest BCUT2D eigenvalue weighted by atomic mass is 35.5. The van der Waals surface area contributed by atoms with Crippen LogP contribution in [-0.4, -0.2) is 22.8 Å². The van der Waals surface area contributed by atoms with E-state index in [1.165, 1.54) is 0 Å². The third-order valence-corrected chi connectivity index (χ3v) is 4.04. The number of aromatic amines is 1. The van der Waals surface area contributed by atoms with Crippen LogP contribution >= 0.6 is 23.2 Å². The molecule has 0 fully saturated rings. The van der Waals surface area contributed by atoms with Gasteiger partial charge in [-0.3, -0.25) is 5.10 Å². The second-order valence-corrected chi connectivity index (χ2v) is 5.88. The van der Waals surface area contributed by atoms with Gasteiger partial charge in [-0.2, -0.15) is 5.10 Å². The summed E-state index contributed by atoms with van der Waals surface area (Å²) >= 11 is 12.3. The van der Waals surface area contributed by atoms with Gasteiger partial charge in [0.15, 0.2) is 5.69 Å². The molecule has 0 saturated heterocycles. The van der Waals surface area contributed by atoms with Gasteiger partial charge in [0.1, 0.15) is 5.69 Å². The molecule has 0 spiro atoms. The van der Waals surface area contributed by atoms with Crippen LogP contribution < -0.4 is 0 Å². The van der Waals surface area contributed by atoms with E-state index in [-0.39, 0.29) is 12.3 Å². The Morgan fingerprint density at radius 2 is 1.92 bits per heavy atom. The zero-order valence-electron chi connectivity index (χ0n) is 12.8. The molecule has 0 aliphatic rings. The molecule has 0 amide bonds. The van der Waals surface area contributed by atoms with E-state index in [1.807, 2.05) is 30.3 Å². The number of rotatable bonds is 4. The van der Waals surface area contributed by atoms with Gasteiger partial charge in [-0.15, -0.1) is 0 Å². The maximum Gasteiger partial charge on any atom is 0.357 e. The van der Waals surface area contributed by atoms with Crippen LogP contribution in [0.4, 0.5) is 0 Å². The number of halogens is 2. The highest BCUT2D eigenvalue weighted by Crippen LogP contribution is 2.38. The molecule has 4 nitrogen and oxygen atoms in total. The summed E-state index contributed by atoms with van der Waals surface area (Å²) < 4.78 is 5.12. The van der Waals surface area contributed by atoms with Crippen molar-refractivity contribution >= 4 is 29.2 Å². The molecule has 2 aromatic carbocycles. The summed E-state index contributed by atoms with van der Waals surface area (Å²) in [5, 5.41) is 8.05. The molecule has 3 rings (SSSR count). The fourth-order valence-electron chi connectivity index (χ4n) is 2.45. The van der Waals surface area contributed by atoms with Gasteiger partial charge in [0.05, 0.1) is 11.6 Å². The van der Waals surface area contributed by atoms with Gasteiger partial charge < -0.3 is 4.74 Å². The average Bonchev–Trinajstić information content (AvgIpc) is 3.01. The van der Waals surface area contributed by atoms with Crippen LogP contribution in [0.5, 0.6) is 0 Å². The normalized spacial score (nSPS) is 10.6. The lowest BCUT2D eigenvalue weighted by molar-refractivity contribution is 0.0520. The highest BCUT2D eigenvalue weighted by molar-refractivity contribution is 6.36. The Morgan fingerprint density at radius 3 is 2.58 bits per heavy atom. The lowest BCUT2D eigenvalue weighted by atomic mass is 9.99. The number of esters is 1. The van der Waals surface area contributed by atoms with Crippen molar-refractivity contribution in [1.29, 1.82) is 0 Å².